The molecule has 6 nitrogen and oxygen atoms in total. The number of carbonyl (C=O) groups excluding carboxylic acids is 1. The van der Waals surface area contributed by atoms with Gasteiger partial charge in [0.25, 0.3) is 0 Å². The lowest BCUT2D eigenvalue weighted by Gasteiger charge is -2.27. The van der Waals surface area contributed by atoms with E-state index in [-0.39, 0.29) is 22.4 Å². The van der Waals surface area contributed by atoms with E-state index in [2.05, 4.69) is 15.5 Å². The second-order valence-electron chi connectivity index (χ2n) is 6.27. The number of hydrogen-bond acceptors (Lipinski definition) is 5. The molecule has 0 aliphatic rings. The summed E-state index contributed by atoms with van der Waals surface area (Å²) in [6.07, 6.45) is 0.419. The van der Waals surface area contributed by atoms with Crippen LogP contribution in [0.25, 0.3) is 0 Å². The summed E-state index contributed by atoms with van der Waals surface area (Å²) in [4.78, 5) is 13.8. The van der Waals surface area contributed by atoms with Crippen LogP contribution in [0.3, 0.4) is 0 Å². The quantitative estimate of drug-likeness (QED) is 0.819. The Morgan fingerprint density at radius 2 is 2.04 bits per heavy atom. The van der Waals surface area contributed by atoms with E-state index in [0.29, 0.717) is 18.8 Å². The SMILES string of the molecule is CCN(CCC(C)Nc1cc(Cl)nnc1Cl)C(=O)OC(C)(C)C. The predicted molar refractivity (Wildman–Crippen MR) is 93.2 cm³/mol. The second-order valence-corrected chi connectivity index (χ2v) is 7.01. The van der Waals surface area contributed by atoms with Crippen molar-refractivity contribution in [3.63, 3.8) is 0 Å². The van der Waals surface area contributed by atoms with Crippen LogP contribution in [0.1, 0.15) is 41.0 Å². The van der Waals surface area contributed by atoms with Gasteiger partial charge in [-0.2, -0.15) is 0 Å². The van der Waals surface area contributed by atoms with Gasteiger partial charge in [-0.3, -0.25) is 0 Å². The number of halogens is 2. The summed E-state index contributed by atoms with van der Waals surface area (Å²) in [5.74, 6) is 0. The third-order valence-corrected chi connectivity index (χ3v) is 3.45. The first-order valence-electron chi connectivity index (χ1n) is 7.55. The van der Waals surface area contributed by atoms with Crippen molar-refractivity contribution in [2.75, 3.05) is 18.4 Å². The molecule has 0 aliphatic carbocycles. The molecular weight excluding hydrogens is 339 g/mol. The maximum atomic E-state index is 12.1. The Bertz CT molecular complexity index is 535. The van der Waals surface area contributed by atoms with Crippen LogP contribution in [0.15, 0.2) is 6.07 Å². The highest BCUT2D eigenvalue weighted by atomic mass is 35.5. The topological polar surface area (TPSA) is 67.3 Å². The average Bonchev–Trinajstić information content (AvgIpc) is 2.41. The number of amides is 1. The monoisotopic (exact) mass is 362 g/mol. The molecule has 23 heavy (non-hydrogen) atoms. The predicted octanol–water partition coefficient (Wildman–Crippen LogP) is 4.23. The van der Waals surface area contributed by atoms with Crippen LogP contribution in [0.2, 0.25) is 10.3 Å². The number of aromatic nitrogens is 2. The largest absolute Gasteiger partial charge is 0.444 e. The average molecular weight is 363 g/mol. The summed E-state index contributed by atoms with van der Waals surface area (Å²) < 4.78 is 5.39. The van der Waals surface area contributed by atoms with Gasteiger partial charge < -0.3 is 15.0 Å². The number of ether oxygens (including phenoxy) is 1. The standard InChI is InChI=1S/C15H24Cl2N4O2/c1-6-21(14(22)23-15(3,4)5)8-7-10(2)18-11-9-12(16)19-20-13(11)17/h9-10H,6-8H2,1-5H3,(H,18,19). The van der Waals surface area contributed by atoms with Crippen LogP contribution < -0.4 is 5.32 Å². The highest BCUT2D eigenvalue weighted by Crippen LogP contribution is 2.22. The zero-order chi connectivity index (χ0) is 17.6. The Morgan fingerprint density at radius 3 is 2.61 bits per heavy atom. The third kappa shape index (κ3) is 7.22. The highest BCUT2D eigenvalue weighted by molar-refractivity contribution is 6.33. The van der Waals surface area contributed by atoms with Crippen LogP contribution >= 0.6 is 23.2 Å². The summed E-state index contributed by atoms with van der Waals surface area (Å²) in [5.41, 5.74) is 0.126. The lowest BCUT2D eigenvalue weighted by Crippen LogP contribution is -2.38. The minimum atomic E-state index is -0.499. The van der Waals surface area contributed by atoms with Crippen LogP contribution in [-0.2, 0) is 4.74 Å². The Balaban J connectivity index is 2.55. The number of hydrogen-bond donors (Lipinski definition) is 1. The highest BCUT2D eigenvalue weighted by Gasteiger charge is 2.21. The van der Waals surface area contributed by atoms with E-state index >= 15 is 0 Å². The first kappa shape index (κ1) is 19.8. The van der Waals surface area contributed by atoms with Gasteiger partial charge >= 0.3 is 6.09 Å². The van der Waals surface area contributed by atoms with Crippen molar-refractivity contribution >= 4 is 35.0 Å². The van der Waals surface area contributed by atoms with E-state index in [9.17, 15) is 4.79 Å². The van der Waals surface area contributed by atoms with Crippen molar-refractivity contribution in [2.24, 2.45) is 0 Å². The zero-order valence-corrected chi connectivity index (χ0v) is 15.7. The van der Waals surface area contributed by atoms with Gasteiger partial charge in [0, 0.05) is 25.2 Å². The normalized spacial score (nSPS) is 12.7. The van der Waals surface area contributed by atoms with E-state index in [0.717, 1.165) is 6.42 Å². The summed E-state index contributed by atoms with van der Waals surface area (Å²) in [5, 5.41) is 11.2. The van der Waals surface area contributed by atoms with Crippen molar-refractivity contribution in [3.8, 4) is 0 Å². The molecule has 0 radical (unpaired) electrons. The molecule has 1 amide bonds. The summed E-state index contributed by atoms with van der Waals surface area (Å²) in [6, 6.07) is 1.70. The molecular formula is C15H24Cl2N4O2. The lowest BCUT2D eigenvalue weighted by atomic mass is 10.2. The molecule has 0 saturated heterocycles. The minimum Gasteiger partial charge on any atom is -0.444 e. The van der Waals surface area contributed by atoms with Crippen LogP contribution in [0, 0.1) is 0 Å². The van der Waals surface area contributed by atoms with Crippen LogP contribution in [0.4, 0.5) is 10.5 Å². The summed E-state index contributed by atoms with van der Waals surface area (Å²) in [7, 11) is 0. The van der Waals surface area contributed by atoms with E-state index in [4.69, 9.17) is 27.9 Å². The van der Waals surface area contributed by atoms with Crippen molar-refractivity contribution in [1.29, 1.82) is 0 Å². The van der Waals surface area contributed by atoms with Crippen molar-refractivity contribution in [2.45, 2.75) is 52.7 Å². The van der Waals surface area contributed by atoms with E-state index in [1.807, 2.05) is 34.6 Å². The van der Waals surface area contributed by atoms with Gasteiger partial charge in [-0.25, -0.2) is 4.79 Å². The Hall–Kier alpha value is -1.27. The molecule has 1 rings (SSSR count). The minimum absolute atomic E-state index is 0.0734. The Labute approximate surface area is 147 Å². The molecule has 1 unspecified atom stereocenters. The molecule has 1 atom stereocenters. The molecule has 0 saturated carbocycles. The van der Waals surface area contributed by atoms with Gasteiger partial charge in [0.15, 0.2) is 10.3 Å². The lowest BCUT2D eigenvalue weighted by molar-refractivity contribution is 0.0257. The summed E-state index contributed by atoms with van der Waals surface area (Å²) in [6.45, 7) is 10.6. The maximum Gasteiger partial charge on any atom is 0.410 e. The Morgan fingerprint density at radius 1 is 1.39 bits per heavy atom. The molecule has 0 spiro atoms. The van der Waals surface area contributed by atoms with Gasteiger partial charge in [-0.15, -0.1) is 10.2 Å². The van der Waals surface area contributed by atoms with E-state index in [1.165, 1.54) is 0 Å². The van der Waals surface area contributed by atoms with Crippen LogP contribution in [-0.4, -0.2) is 45.9 Å². The first-order valence-corrected chi connectivity index (χ1v) is 8.31. The van der Waals surface area contributed by atoms with E-state index in [1.54, 1.807) is 11.0 Å². The van der Waals surface area contributed by atoms with E-state index < -0.39 is 5.60 Å². The molecule has 8 heteroatoms. The molecule has 0 aliphatic heterocycles. The smallest absolute Gasteiger partial charge is 0.410 e. The van der Waals surface area contributed by atoms with Gasteiger partial charge in [0.1, 0.15) is 5.60 Å². The van der Waals surface area contributed by atoms with Gasteiger partial charge in [0.05, 0.1) is 5.69 Å². The third-order valence-electron chi connectivity index (χ3n) is 2.99. The molecule has 0 bridgehead atoms. The van der Waals surface area contributed by atoms with Gasteiger partial charge in [0.2, 0.25) is 0 Å². The number of rotatable bonds is 6. The first-order chi connectivity index (χ1) is 10.6. The van der Waals surface area contributed by atoms with Crippen molar-refractivity contribution < 1.29 is 9.53 Å². The fourth-order valence-corrected chi connectivity index (χ4v) is 2.14. The molecule has 1 aromatic rings. The fraction of sp³-hybridized carbons (Fsp3) is 0.667. The van der Waals surface area contributed by atoms with Crippen molar-refractivity contribution in [1.82, 2.24) is 15.1 Å². The Kier molecular flexibility index (Phi) is 7.35. The fourth-order valence-electron chi connectivity index (χ4n) is 1.85. The van der Waals surface area contributed by atoms with Crippen LogP contribution in [0.5, 0.6) is 0 Å². The zero-order valence-electron chi connectivity index (χ0n) is 14.2. The van der Waals surface area contributed by atoms with Gasteiger partial charge in [-0.1, -0.05) is 23.2 Å². The molecule has 0 fully saturated rings. The second kappa shape index (κ2) is 8.55. The number of carbonyl (C=O) groups is 1. The number of nitrogens with zero attached hydrogens (tertiary/aromatic N) is 3. The molecule has 0 aromatic carbocycles. The number of anilines is 1. The maximum absolute atomic E-state index is 12.1. The molecule has 1 heterocycles. The molecule has 1 N–H and O–H groups in total. The molecule has 130 valence electrons. The molecule has 1 aromatic heterocycles. The van der Waals surface area contributed by atoms with Crippen molar-refractivity contribution in [3.05, 3.63) is 16.4 Å². The summed E-state index contributed by atoms with van der Waals surface area (Å²) >= 11 is 11.8. The number of nitrogens with one attached hydrogen (secondary N) is 1. The van der Waals surface area contributed by atoms with Gasteiger partial charge in [-0.05, 0) is 41.0 Å².